The SMILES string of the molecule is CN1C[C@]2(C(=O)[C@@]3(C1)[C@@H](c1ccccc1Cl)ON(c1ccccc1)[C@@H]3c1ccccc1)[C@H](c1ccccc1)N(c1ccccc1)O[C@H]2c1ccccc1Cl. The van der Waals surface area contributed by atoms with Gasteiger partial charge < -0.3 is 4.90 Å². The third-order valence-electron chi connectivity index (χ3n) is 11.4. The molecule has 0 radical (unpaired) electrons. The topological polar surface area (TPSA) is 45.2 Å². The molecule has 2 spiro atoms. The molecule has 3 saturated heterocycles. The summed E-state index contributed by atoms with van der Waals surface area (Å²) in [6.07, 6.45) is -1.53. The number of carbonyl (C=O) groups excluding carboxylic acids is 1. The lowest BCUT2D eigenvalue weighted by Gasteiger charge is -2.53. The molecule has 0 amide bonds. The van der Waals surface area contributed by atoms with Crippen LogP contribution in [0.4, 0.5) is 11.4 Å². The fourth-order valence-electron chi connectivity index (χ4n) is 9.34. The standard InChI is InChI=1S/C46H39Cl2N3O3/c1-49-30-45(40(32-18-6-2-7-19-32)50(34-22-10-4-11-23-34)53-42(45)36-26-14-16-28-38(36)47)44(52)46(31-49)41(33-20-8-3-9-21-33)51(35-24-12-5-13-25-35)54-43(46)37-27-15-17-29-39(37)48/h2-29,40-43H,30-31H2,1H3/t40-,41+,42-,43+,45-,46+. The number of hydrogen-bond donors (Lipinski definition) is 0. The first kappa shape index (κ1) is 34.8. The fraction of sp³-hybridized carbons (Fsp3) is 0.196. The normalized spacial score (nSPS) is 26.9. The molecule has 3 aliphatic rings. The number of hydroxylamine groups is 2. The van der Waals surface area contributed by atoms with Crippen LogP contribution in [0.2, 0.25) is 10.0 Å². The van der Waals surface area contributed by atoms with Crippen molar-refractivity contribution in [2.45, 2.75) is 24.3 Å². The summed E-state index contributed by atoms with van der Waals surface area (Å²) in [6, 6.07) is 54.9. The molecule has 0 aromatic heterocycles. The average Bonchev–Trinajstić information content (AvgIpc) is 3.72. The second kappa shape index (κ2) is 14.0. The summed E-state index contributed by atoms with van der Waals surface area (Å²) in [5, 5.41) is 4.96. The first-order valence-corrected chi connectivity index (χ1v) is 19.0. The Hall–Kier alpha value is -4.95. The maximum atomic E-state index is 17.1. The van der Waals surface area contributed by atoms with Gasteiger partial charge in [0.2, 0.25) is 0 Å². The van der Waals surface area contributed by atoms with Crippen LogP contribution in [0.1, 0.15) is 46.5 Å². The van der Waals surface area contributed by atoms with Crippen molar-refractivity contribution in [3.8, 4) is 0 Å². The Labute approximate surface area is 326 Å². The number of para-hydroxylation sites is 2. The Bertz CT molecular complexity index is 2110. The van der Waals surface area contributed by atoms with Crippen LogP contribution >= 0.6 is 23.2 Å². The highest BCUT2D eigenvalue weighted by Gasteiger charge is 2.74. The summed E-state index contributed by atoms with van der Waals surface area (Å²) < 4.78 is 0. The number of nitrogens with zero attached hydrogens (tertiary/aromatic N) is 3. The largest absolute Gasteiger partial charge is 0.304 e. The fourth-order valence-corrected chi connectivity index (χ4v) is 9.81. The maximum absolute atomic E-state index is 17.1. The van der Waals surface area contributed by atoms with Gasteiger partial charge in [-0.3, -0.25) is 14.5 Å². The Morgan fingerprint density at radius 2 is 0.833 bits per heavy atom. The number of likely N-dealkylation sites (tertiary alicyclic amines) is 1. The third kappa shape index (κ3) is 5.47. The number of ketones is 1. The molecular formula is C46H39Cl2N3O3. The van der Waals surface area contributed by atoms with Gasteiger partial charge >= 0.3 is 0 Å². The molecule has 3 fully saturated rings. The van der Waals surface area contributed by atoms with E-state index in [1.165, 1.54) is 0 Å². The second-order valence-electron chi connectivity index (χ2n) is 14.5. The van der Waals surface area contributed by atoms with Crippen LogP contribution in [-0.2, 0) is 14.5 Å². The van der Waals surface area contributed by atoms with Crippen LogP contribution < -0.4 is 10.1 Å². The van der Waals surface area contributed by atoms with E-state index in [0.717, 1.165) is 33.6 Å². The molecule has 6 aromatic carbocycles. The highest BCUT2D eigenvalue weighted by Crippen LogP contribution is 2.68. The van der Waals surface area contributed by atoms with Gasteiger partial charge in [-0.15, -0.1) is 0 Å². The number of rotatable bonds is 6. The molecule has 9 rings (SSSR count). The van der Waals surface area contributed by atoms with Crippen molar-refractivity contribution in [3.63, 3.8) is 0 Å². The quantitative estimate of drug-likeness (QED) is 0.169. The summed E-state index contributed by atoms with van der Waals surface area (Å²) in [5.41, 5.74) is 2.68. The van der Waals surface area contributed by atoms with Crippen molar-refractivity contribution < 1.29 is 14.5 Å². The van der Waals surface area contributed by atoms with Gasteiger partial charge in [-0.1, -0.05) is 157 Å². The lowest BCUT2D eigenvalue weighted by Crippen LogP contribution is -2.64. The molecule has 0 unspecified atom stereocenters. The molecular weight excluding hydrogens is 713 g/mol. The number of hydrogen-bond acceptors (Lipinski definition) is 6. The van der Waals surface area contributed by atoms with Crippen molar-refractivity contribution in [2.24, 2.45) is 10.8 Å². The molecule has 3 aliphatic heterocycles. The molecule has 0 bridgehead atoms. The van der Waals surface area contributed by atoms with E-state index >= 15 is 4.79 Å². The van der Waals surface area contributed by atoms with Crippen LogP contribution in [0.3, 0.4) is 0 Å². The molecule has 6 atom stereocenters. The summed E-state index contributed by atoms with van der Waals surface area (Å²) in [7, 11) is 2.10. The van der Waals surface area contributed by atoms with Gasteiger partial charge in [0.15, 0.2) is 5.78 Å². The minimum atomic E-state index is -1.21. The highest BCUT2D eigenvalue weighted by atomic mass is 35.5. The van der Waals surface area contributed by atoms with Crippen LogP contribution in [0.25, 0.3) is 0 Å². The molecule has 6 nitrogen and oxygen atoms in total. The third-order valence-corrected chi connectivity index (χ3v) is 12.0. The molecule has 6 aromatic rings. The minimum Gasteiger partial charge on any atom is -0.304 e. The predicted molar refractivity (Wildman–Crippen MR) is 214 cm³/mol. The van der Waals surface area contributed by atoms with Gasteiger partial charge in [0.25, 0.3) is 0 Å². The van der Waals surface area contributed by atoms with E-state index in [2.05, 4.69) is 36.2 Å². The first-order valence-electron chi connectivity index (χ1n) is 18.3. The van der Waals surface area contributed by atoms with E-state index in [1.807, 2.05) is 156 Å². The van der Waals surface area contributed by atoms with E-state index in [0.29, 0.717) is 23.1 Å². The summed E-state index contributed by atoms with van der Waals surface area (Å²) >= 11 is 14.3. The van der Waals surface area contributed by atoms with E-state index < -0.39 is 35.1 Å². The predicted octanol–water partition coefficient (Wildman–Crippen LogP) is 10.6. The Morgan fingerprint density at radius 1 is 0.500 bits per heavy atom. The molecule has 8 heteroatoms. The Balaban J connectivity index is 1.37. The lowest BCUT2D eigenvalue weighted by molar-refractivity contribution is -0.160. The zero-order chi connectivity index (χ0) is 36.9. The van der Waals surface area contributed by atoms with Crippen molar-refractivity contribution in [3.05, 3.63) is 202 Å². The first-order chi connectivity index (χ1) is 26.4. The van der Waals surface area contributed by atoms with Gasteiger partial charge in [-0.25, -0.2) is 10.1 Å². The molecule has 270 valence electrons. The van der Waals surface area contributed by atoms with E-state index in [-0.39, 0.29) is 5.78 Å². The van der Waals surface area contributed by atoms with E-state index in [4.69, 9.17) is 32.9 Å². The van der Waals surface area contributed by atoms with Gasteiger partial charge in [-0.05, 0) is 54.6 Å². The highest BCUT2D eigenvalue weighted by molar-refractivity contribution is 6.31. The Morgan fingerprint density at radius 3 is 1.20 bits per heavy atom. The van der Waals surface area contributed by atoms with Crippen LogP contribution in [0.5, 0.6) is 0 Å². The number of benzene rings is 6. The Kier molecular flexibility index (Phi) is 9.04. The van der Waals surface area contributed by atoms with Gasteiger partial charge in [0, 0.05) is 34.3 Å². The van der Waals surface area contributed by atoms with Crippen molar-refractivity contribution in [1.82, 2.24) is 4.90 Å². The summed E-state index contributed by atoms with van der Waals surface area (Å²) in [6.45, 7) is 0.795. The number of carbonyl (C=O) groups is 1. The number of halogens is 2. The van der Waals surface area contributed by atoms with Crippen LogP contribution in [0.15, 0.2) is 170 Å². The average molecular weight is 753 g/mol. The van der Waals surface area contributed by atoms with Gasteiger partial charge in [0.05, 0.1) is 23.5 Å². The maximum Gasteiger partial charge on any atom is 0.158 e. The van der Waals surface area contributed by atoms with E-state index in [9.17, 15) is 0 Å². The van der Waals surface area contributed by atoms with Crippen molar-refractivity contribution in [1.29, 1.82) is 0 Å². The zero-order valence-electron chi connectivity index (χ0n) is 29.7. The molecule has 0 aliphatic carbocycles. The number of piperidine rings is 1. The van der Waals surface area contributed by atoms with E-state index in [1.54, 1.807) is 0 Å². The minimum absolute atomic E-state index is 0.0301. The molecule has 0 N–H and O–H groups in total. The summed E-state index contributed by atoms with van der Waals surface area (Å²) in [4.78, 5) is 33.9. The zero-order valence-corrected chi connectivity index (χ0v) is 31.2. The number of anilines is 2. The van der Waals surface area contributed by atoms with Crippen LogP contribution in [0, 0.1) is 10.8 Å². The smallest absolute Gasteiger partial charge is 0.158 e. The van der Waals surface area contributed by atoms with Crippen molar-refractivity contribution in [2.75, 3.05) is 30.3 Å². The van der Waals surface area contributed by atoms with Crippen molar-refractivity contribution >= 4 is 40.4 Å². The molecule has 0 saturated carbocycles. The molecule has 3 heterocycles. The monoisotopic (exact) mass is 751 g/mol. The van der Waals surface area contributed by atoms with Crippen LogP contribution in [-0.4, -0.2) is 30.8 Å². The van der Waals surface area contributed by atoms with Gasteiger partial charge in [0.1, 0.15) is 23.0 Å². The second-order valence-corrected chi connectivity index (χ2v) is 15.4. The summed E-state index contributed by atoms with van der Waals surface area (Å²) in [5.74, 6) is 0.0301. The lowest BCUT2D eigenvalue weighted by atomic mass is 9.54. The number of Topliss-reactive ketones (excluding diaryl/α,β-unsaturated/α-hetero) is 1. The van der Waals surface area contributed by atoms with Gasteiger partial charge in [-0.2, -0.15) is 0 Å². The molecule has 54 heavy (non-hydrogen) atoms.